The van der Waals surface area contributed by atoms with Crippen molar-refractivity contribution >= 4 is 17.5 Å². The van der Waals surface area contributed by atoms with Gasteiger partial charge >= 0.3 is 5.69 Å². The van der Waals surface area contributed by atoms with E-state index in [9.17, 15) is 10.1 Å². The number of anilines is 2. The number of hydrogen-bond donors (Lipinski definition) is 2. The number of hydrogen-bond acceptors (Lipinski definition) is 7. The zero-order valence-corrected chi connectivity index (χ0v) is 10.9. The van der Waals surface area contributed by atoms with Crippen LogP contribution in [-0.4, -0.2) is 28.0 Å². The van der Waals surface area contributed by atoms with E-state index in [2.05, 4.69) is 22.3 Å². The van der Waals surface area contributed by atoms with Crippen molar-refractivity contribution in [3.63, 3.8) is 0 Å². The highest BCUT2D eigenvalue weighted by molar-refractivity contribution is 5.58. The Morgan fingerprint density at radius 3 is 3.00 bits per heavy atom. The predicted molar refractivity (Wildman–Crippen MR) is 71.7 cm³/mol. The second-order valence-electron chi connectivity index (χ2n) is 4.83. The molecular weight excluding hydrogens is 248 g/mol. The van der Waals surface area contributed by atoms with E-state index < -0.39 is 4.92 Å². The Hall–Kier alpha value is -1.96. The average Bonchev–Trinajstić information content (AvgIpc) is 2.62. The third kappa shape index (κ3) is 3.08. The molecule has 1 atom stereocenters. The van der Waals surface area contributed by atoms with E-state index in [4.69, 9.17) is 5.84 Å². The molecule has 1 unspecified atom stereocenters. The van der Waals surface area contributed by atoms with E-state index in [0.29, 0.717) is 11.7 Å². The van der Waals surface area contributed by atoms with Crippen LogP contribution in [-0.2, 0) is 0 Å². The zero-order valence-electron chi connectivity index (χ0n) is 10.9. The summed E-state index contributed by atoms with van der Waals surface area (Å²) >= 11 is 0. The Balaban J connectivity index is 2.32. The van der Waals surface area contributed by atoms with Crippen LogP contribution in [0.4, 0.5) is 17.5 Å². The van der Waals surface area contributed by atoms with E-state index in [1.807, 2.05) is 4.90 Å². The molecule has 1 fully saturated rings. The summed E-state index contributed by atoms with van der Waals surface area (Å²) in [6.45, 7) is 3.74. The molecule has 0 aliphatic carbocycles. The number of nitro groups is 1. The third-order valence-electron chi connectivity index (χ3n) is 3.39. The molecular formula is C11H18N6O2. The van der Waals surface area contributed by atoms with E-state index in [0.717, 1.165) is 32.4 Å². The minimum Gasteiger partial charge on any atom is -0.351 e. The first-order valence-corrected chi connectivity index (χ1v) is 6.35. The van der Waals surface area contributed by atoms with Gasteiger partial charge < -0.3 is 4.90 Å². The molecule has 1 aromatic rings. The maximum Gasteiger partial charge on any atom is 0.329 e. The second-order valence-corrected chi connectivity index (χ2v) is 4.83. The lowest BCUT2D eigenvalue weighted by Gasteiger charge is -2.21. The number of nitrogens with one attached hydrogen (secondary N) is 1. The molecule has 0 amide bonds. The standard InChI is InChI=1S/C11H18N6O2/c1-8-3-2-5-16(6-4-8)10-9(17(18)19)7-13-11(14-10)15-12/h7-8H,2-6,12H2,1H3,(H,13,14,15). The quantitative estimate of drug-likeness (QED) is 0.482. The van der Waals surface area contributed by atoms with Gasteiger partial charge in [-0.2, -0.15) is 4.98 Å². The first kappa shape index (κ1) is 13.5. The van der Waals surface area contributed by atoms with Crippen LogP contribution in [0.3, 0.4) is 0 Å². The van der Waals surface area contributed by atoms with Gasteiger partial charge in [0.1, 0.15) is 6.20 Å². The van der Waals surface area contributed by atoms with Gasteiger partial charge in [-0.3, -0.25) is 15.5 Å². The van der Waals surface area contributed by atoms with Crippen LogP contribution >= 0.6 is 0 Å². The van der Waals surface area contributed by atoms with Crippen LogP contribution in [0.5, 0.6) is 0 Å². The van der Waals surface area contributed by atoms with Crippen LogP contribution in [0.25, 0.3) is 0 Å². The van der Waals surface area contributed by atoms with Crippen molar-refractivity contribution in [3.05, 3.63) is 16.3 Å². The molecule has 2 heterocycles. The molecule has 0 radical (unpaired) electrons. The summed E-state index contributed by atoms with van der Waals surface area (Å²) in [5, 5.41) is 11.1. The lowest BCUT2D eigenvalue weighted by Crippen LogP contribution is -2.27. The molecule has 1 aromatic heterocycles. The predicted octanol–water partition coefficient (Wildman–Crippen LogP) is 1.30. The summed E-state index contributed by atoms with van der Waals surface area (Å²) in [6.07, 6.45) is 4.35. The highest BCUT2D eigenvalue weighted by atomic mass is 16.6. The van der Waals surface area contributed by atoms with Gasteiger partial charge in [0.05, 0.1) is 4.92 Å². The summed E-state index contributed by atoms with van der Waals surface area (Å²) in [5.74, 6) is 6.44. The highest BCUT2D eigenvalue weighted by Crippen LogP contribution is 2.29. The van der Waals surface area contributed by atoms with Crippen molar-refractivity contribution in [2.24, 2.45) is 11.8 Å². The van der Waals surface area contributed by atoms with Crippen LogP contribution in [0.2, 0.25) is 0 Å². The van der Waals surface area contributed by atoms with Crippen molar-refractivity contribution < 1.29 is 4.92 Å². The van der Waals surface area contributed by atoms with Gasteiger partial charge in [0.15, 0.2) is 0 Å². The number of rotatable bonds is 3. The van der Waals surface area contributed by atoms with Gasteiger partial charge in [-0.15, -0.1) is 0 Å². The fourth-order valence-electron chi connectivity index (χ4n) is 2.27. The molecule has 8 nitrogen and oxygen atoms in total. The minimum absolute atomic E-state index is 0.0754. The number of nitrogens with zero attached hydrogens (tertiary/aromatic N) is 4. The fraction of sp³-hybridized carbons (Fsp3) is 0.636. The van der Waals surface area contributed by atoms with Gasteiger partial charge in [0.2, 0.25) is 11.8 Å². The largest absolute Gasteiger partial charge is 0.351 e. The van der Waals surface area contributed by atoms with Crippen molar-refractivity contribution in [1.29, 1.82) is 0 Å². The Labute approximate surface area is 111 Å². The van der Waals surface area contributed by atoms with E-state index in [1.54, 1.807) is 0 Å². The monoisotopic (exact) mass is 266 g/mol. The molecule has 1 saturated heterocycles. The lowest BCUT2D eigenvalue weighted by molar-refractivity contribution is -0.384. The van der Waals surface area contributed by atoms with Crippen LogP contribution in [0.1, 0.15) is 26.2 Å². The van der Waals surface area contributed by atoms with E-state index >= 15 is 0 Å². The summed E-state index contributed by atoms with van der Waals surface area (Å²) in [4.78, 5) is 20.5. The summed E-state index contributed by atoms with van der Waals surface area (Å²) in [7, 11) is 0. The third-order valence-corrected chi connectivity index (χ3v) is 3.39. The van der Waals surface area contributed by atoms with Crippen LogP contribution < -0.4 is 16.2 Å². The van der Waals surface area contributed by atoms with Crippen LogP contribution in [0, 0.1) is 16.0 Å². The normalized spacial score (nSPS) is 19.9. The van der Waals surface area contributed by atoms with E-state index in [-0.39, 0.29) is 11.6 Å². The Morgan fingerprint density at radius 2 is 2.32 bits per heavy atom. The zero-order chi connectivity index (χ0) is 13.8. The molecule has 0 spiro atoms. The first-order valence-electron chi connectivity index (χ1n) is 6.35. The van der Waals surface area contributed by atoms with Crippen LogP contribution in [0.15, 0.2) is 6.20 Å². The highest BCUT2D eigenvalue weighted by Gasteiger charge is 2.24. The van der Waals surface area contributed by atoms with Gasteiger partial charge in [0, 0.05) is 13.1 Å². The summed E-state index contributed by atoms with van der Waals surface area (Å²) in [5.41, 5.74) is 2.25. The van der Waals surface area contributed by atoms with Crippen molar-refractivity contribution in [1.82, 2.24) is 9.97 Å². The molecule has 8 heteroatoms. The molecule has 0 bridgehead atoms. The smallest absolute Gasteiger partial charge is 0.329 e. The Bertz CT molecular complexity index is 466. The molecule has 104 valence electrons. The Kier molecular flexibility index (Phi) is 4.10. The maximum absolute atomic E-state index is 11.1. The first-order chi connectivity index (χ1) is 9.11. The van der Waals surface area contributed by atoms with E-state index in [1.165, 1.54) is 6.20 Å². The number of hydrazine groups is 1. The number of nitrogens with two attached hydrogens (primary N) is 1. The molecule has 19 heavy (non-hydrogen) atoms. The Morgan fingerprint density at radius 1 is 1.53 bits per heavy atom. The summed E-state index contributed by atoms with van der Waals surface area (Å²) in [6, 6.07) is 0. The van der Waals surface area contributed by atoms with Crippen molar-refractivity contribution in [2.75, 3.05) is 23.4 Å². The van der Waals surface area contributed by atoms with Gasteiger partial charge in [-0.05, 0) is 25.2 Å². The molecule has 2 rings (SSSR count). The second kappa shape index (κ2) is 5.79. The average molecular weight is 266 g/mol. The minimum atomic E-state index is -0.454. The fourth-order valence-corrected chi connectivity index (χ4v) is 2.27. The molecule has 1 aliphatic rings. The molecule has 1 aliphatic heterocycles. The molecule has 0 aromatic carbocycles. The van der Waals surface area contributed by atoms with Gasteiger partial charge in [0.25, 0.3) is 0 Å². The number of aromatic nitrogens is 2. The van der Waals surface area contributed by atoms with Gasteiger partial charge in [-0.25, -0.2) is 10.8 Å². The maximum atomic E-state index is 11.1. The SMILES string of the molecule is CC1CCCN(c2nc(NN)ncc2[N+](=O)[O-])CC1. The topological polar surface area (TPSA) is 110 Å². The van der Waals surface area contributed by atoms with Crippen molar-refractivity contribution in [3.8, 4) is 0 Å². The van der Waals surface area contributed by atoms with Gasteiger partial charge in [-0.1, -0.05) is 6.92 Å². The van der Waals surface area contributed by atoms with Crippen molar-refractivity contribution in [2.45, 2.75) is 26.2 Å². The lowest BCUT2D eigenvalue weighted by atomic mass is 10.0. The number of nitrogen functional groups attached to an aromatic ring is 1. The molecule has 0 saturated carbocycles. The molecule has 3 N–H and O–H groups in total. The summed E-state index contributed by atoms with van der Waals surface area (Å²) < 4.78 is 0.